The largest absolute Gasteiger partial charge is 0.508 e. The number of rotatable bonds is 3. The molecule has 0 bridgehead atoms. The smallest absolute Gasteiger partial charge is 0.304 e. The Labute approximate surface area is 101 Å². The maximum absolute atomic E-state index is 11.0. The van der Waals surface area contributed by atoms with Crippen molar-refractivity contribution in [3.05, 3.63) is 28.8 Å². The van der Waals surface area contributed by atoms with Crippen LogP contribution in [0.2, 0.25) is 0 Å². The highest BCUT2D eigenvalue weighted by Gasteiger charge is 2.42. The fraction of sp³-hybridized carbons (Fsp3) is 0.500. The van der Waals surface area contributed by atoms with Gasteiger partial charge >= 0.3 is 5.97 Å². The fourth-order valence-electron chi connectivity index (χ4n) is 2.66. The minimum absolute atomic E-state index is 0.114. The van der Waals surface area contributed by atoms with Gasteiger partial charge < -0.3 is 10.2 Å². The molecule has 0 aromatic heterocycles. The van der Waals surface area contributed by atoms with Gasteiger partial charge in [0.1, 0.15) is 5.75 Å². The Balaban J connectivity index is 2.44. The fourth-order valence-corrected chi connectivity index (χ4v) is 2.66. The van der Waals surface area contributed by atoms with Gasteiger partial charge in [-0.3, -0.25) is 4.79 Å². The molecule has 1 fully saturated rings. The molecule has 1 aliphatic rings. The van der Waals surface area contributed by atoms with Crippen LogP contribution < -0.4 is 0 Å². The van der Waals surface area contributed by atoms with Crippen molar-refractivity contribution in [2.75, 3.05) is 0 Å². The molecule has 0 spiro atoms. The summed E-state index contributed by atoms with van der Waals surface area (Å²) in [7, 11) is 0. The molecule has 0 radical (unpaired) electrons. The van der Waals surface area contributed by atoms with Crippen LogP contribution in [0, 0.1) is 13.8 Å². The van der Waals surface area contributed by atoms with Crippen LogP contribution in [0.4, 0.5) is 0 Å². The molecular weight excluding hydrogens is 216 g/mol. The third-order valence-corrected chi connectivity index (χ3v) is 3.98. The van der Waals surface area contributed by atoms with E-state index in [4.69, 9.17) is 5.11 Å². The molecule has 1 aromatic rings. The number of carboxylic acid groups (broad SMARTS) is 1. The zero-order valence-corrected chi connectivity index (χ0v) is 10.3. The number of carboxylic acids is 1. The molecule has 0 heterocycles. The topological polar surface area (TPSA) is 57.5 Å². The Kier molecular flexibility index (Phi) is 2.86. The second-order valence-electron chi connectivity index (χ2n) is 5.16. The first-order chi connectivity index (χ1) is 7.94. The van der Waals surface area contributed by atoms with Crippen LogP contribution in [0.15, 0.2) is 12.1 Å². The van der Waals surface area contributed by atoms with Gasteiger partial charge in [0.05, 0.1) is 6.42 Å². The molecule has 2 N–H and O–H groups in total. The summed E-state index contributed by atoms with van der Waals surface area (Å²) in [6.45, 7) is 3.94. The SMILES string of the molecule is Cc1cc(O)c(C2(CC(=O)O)CCC2)cc1C. The summed E-state index contributed by atoms with van der Waals surface area (Å²) in [5, 5.41) is 19.0. The van der Waals surface area contributed by atoms with Crippen LogP contribution in [-0.4, -0.2) is 16.2 Å². The normalized spacial score (nSPS) is 17.5. The summed E-state index contributed by atoms with van der Waals surface area (Å²) in [6.07, 6.45) is 2.87. The maximum Gasteiger partial charge on any atom is 0.304 e. The number of hydrogen-bond acceptors (Lipinski definition) is 2. The summed E-state index contributed by atoms with van der Waals surface area (Å²) in [4.78, 5) is 11.0. The molecule has 1 aliphatic carbocycles. The van der Waals surface area contributed by atoms with Gasteiger partial charge in [0.25, 0.3) is 0 Å². The Bertz CT molecular complexity index is 459. The van der Waals surface area contributed by atoms with E-state index in [9.17, 15) is 9.90 Å². The van der Waals surface area contributed by atoms with Gasteiger partial charge in [-0.05, 0) is 43.9 Å². The highest BCUT2D eigenvalue weighted by molar-refractivity contribution is 5.70. The first-order valence-corrected chi connectivity index (χ1v) is 5.97. The Morgan fingerprint density at radius 2 is 1.88 bits per heavy atom. The van der Waals surface area contributed by atoms with E-state index >= 15 is 0 Å². The average molecular weight is 234 g/mol. The van der Waals surface area contributed by atoms with Crippen molar-refractivity contribution in [2.45, 2.75) is 44.9 Å². The van der Waals surface area contributed by atoms with E-state index in [-0.39, 0.29) is 17.6 Å². The number of carbonyl (C=O) groups is 1. The van der Waals surface area contributed by atoms with E-state index in [1.807, 2.05) is 19.9 Å². The monoisotopic (exact) mass is 234 g/mol. The first-order valence-electron chi connectivity index (χ1n) is 5.97. The second kappa shape index (κ2) is 4.06. The zero-order valence-electron chi connectivity index (χ0n) is 10.3. The summed E-state index contributed by atoms with van der Waals surface area (Å²) in [5.74, 6) is -0.545. The van der Waals surface area contributed by atoms with E-state index in [1.165, 1.54) is 0 Å². The van der Waals surface area contributed by atoms with Crippen LogP contribution in [0.3, 0.4) is 0 Å². The van der Waals surface area contributed by atoms with Crippen molar-refractivity contribution >= 4 is 5.97 Å². The number of benzene rings is 1. The average Bonchev–Trinajstić information content (AvgIpc) is 2.17. The molecular formula is C14H18O3. The molecule has 17 heavy (non-hydrogen) atoms. The summed E-state index contributed by atoms with van der Waals surface area (Å²) < 4.78 is 0. The Hall–Kier alpha value is -1.51. The first kappa shape index (κ1) is 12.0. The molecule has 1 saturated carbocycles. The van der Waals surface area contributed by atoms with Gasteiger partial charge in [-0.1, -0.05) is 12.5 Å². The lowest BCUT2D eigenvalue weighted by molar-refractivity contribution is -0.139. The van der Waals surface area contributed by atoms with E-state index in [0.29, 0.717) is 0 Å². The van der Waals surface area contributed by atoms with Gasteiger partial charge in [0.15, 0.2) is 0 Å². The van der Waals surface area contributed by atoms with E-state index < -0.39 is 5.97 Å². The Morgan fingerprint density at radius 1 is 1.29 bits per heavy atom. The zero-order chi connectivity index (χ0) is 12.6. The van der Waals surface area contributed by atoms with Crippen LogP contribution in [-0.2, 0) is 10.2 Å². The number of hydrogen-bond donors (Lipinski definition) is 2. The predicted octanol–water partition coefficient (Wildman–Crippen LogP) is 2.91. The van der Waals surface area contributed by atoms with Gasteiger partial charge in [-0.15, -0.1) is 0 Å². The highest BCUT2D eigenvalue weighted by atomic mass is 16.4. The quantitative estimate of drug-likeness (QED) is 0.845. The minimum atomic E-state index is -0.790. The van der Waals surface area contributed by atoms with Crippen molar-refractivity contribution in [3.63, 3.8) is 0 Å². The molecule has 0 amide bonds. The third kappa shape index (κ3) is 2.02. The Morgan fingerprint density at radius 3 is 2.35 bits per heavy atom. The molecule has 3 nitrogen and oxygen atoms in total. The van der Waals surface area contributed by atoms with Crippen LogP contribution in [0.1, 0.15) is 42.4 Å². The van der Waals surface area contributed by atoms with Crippen LogP contribution in [0.25, 0.3) is 0 Å². The van der Waals surface area contributed by atoms with E-state index in [0.717, 1.165) is 36.0 Å². The lowest BCUT2D eigenvalue weighted by Crippen LogP contribution is -2.36. The molecule has 3 heteroatoms. The molecule has 1 aromatic carbocycles. The second-order valence-corrected chi connectivity index (χ2v) is 5.16. The molecule has 2 rings (SSSR count). The van der Waals surface area contributed by atoms with Crippen molar-refractivity contribution < 1.29 is 15.0 Å². The number of phenols is 1. The number of phenolic OH excluding ortho intramolecular Hbond substituents is 1. The summed E-state index contributed by atoms with van der Waals surface area (Å²) >= 11 is 0. The minimum Gasteiger partial charge on any atom is -0.508 e. The predicted molar refractivity (Wildman–Crippen MR) is 65.4 cm³/mol. The number of aliphatic carboxylic acids is 1. The van der Waals surface area contributed by atoms with Crippen molar-refractivity contribution in [1.29, 1.82) is 0 Å². The summed E-state index contributed by atoms with van der Waals surface area (Å²) in [5.41, 5.74) is 2.62. The van der Waals surface area contributed by atoms with Crippen LogP contribution >= 0.6 is 0 Å². The third-order valence-electron chi connectivity index (χ3n) is 3.98. The van der Waals surface area contributed by atoms with Gasteiger partial charge in [-0.2, -0.15) is 0 Å². The van der Waals surface area contributed by atoms with Gasteiger partial charge in [0, 0.05) is 11.0 Å². The maximum atomic E-state index is 11.0. The van der Waals surface area contributed by atoms with Crippen molar-refractivity contribution in [1.82, 2.24) is 0 Å². The molecule has 0 aliphatic heterocycles. The van der Waals surface area contributed by atoms with Gasteiger partial charge in [0.2, 0.25) is 0 Å². The van der Waals surface area contributed by atoms with Crippen LogP contribution in [0.5, 0.6) is 5.75 Å². The van der Waals surface area contributed by atoms with E-state index in [1.54, 1.807) is 6.07 Å². The highest BCUT2D eigenvalue weighted by Crippen LogP contribution is 2.49. The van der Waals surface area contributed by atoms with E-state index in [2.05, 4.69) is 0 Å². The lowest BCUT2D eigenvalue weighted by Gasteiger charge is -2.41. The molecule has 0 unspecified atom stereocenters. The lowest BCUT2D eigenvalue weighted by atomic mass is 9.62. The number of aryl methyl sites for hydroxylation is 2. The molecule has 0 atom stereocenters. The summed E-state index contributed by atoms with van der Waals surface area (Å²) in [6, 6.07) is 3.69. The van der Waals surface area contributed by atoms with Gasteiger partial charge in [-0.25, -0.2) is 0 Å². The van der Waals surface area contributed by atoms with Crippen molar-refractivity contribution in [3.8, 4) is 5.75 Å². The van der Waals surface area contributed by atoms with Crippen molar-refractivity contribution in [2.24, 2.45) is 0 Å². The molecule has 92 valence electrons. The molecule has 0 saturated heterocycles. The number of aromatic hydroxyl groups is 1. The standard InChI is InChI=1S/C14H18O3/c1-9-6-11(12(15)7-10(9)2)14(4-3-5-14)8-13(16)17/h6-7,15H,3-5,8H2,1-2H3,(H,16,17).